The molecule has 0 fully saturated rings. The molecule has 0 bridgehead atoms. The number of hydrogen-bond donors (Lipinski definition) is 2. The predicted octanol–water partition coefficient (Wildman–Crippen LogP) is 4.30. The van der Waals surface area contributed by atoms with Crippen LogP contribution in [-0.4, -0.2) is 9.97 Å². The molecule has 106 valence electrons. The van der Waals surface area contributed by atoms with Gasteiger partial charge in [0, 0.05) is 0 Å². The normalized spacial score (nSPS) is 21.2. The van der Waals surface area contributed by atoms with Gasteiger partial charge in [-0.15, -0.1) is 0 Å². The van der Waals surface area contributed by atoms with Gasteiger partial charge in [-0.25, -0.2) is 4.98 Å². The molecule has 21 heavy (non-hydrogen) atoms. The lowest BCUT2D eigenvalue weighted by atomic mass is 9.81. The summed E-state index contributed by atoms with van der Waals surface area (Å²) in [4.78, 5) is 8.02. The highest BCUT2D eigenvalue weighted by atomic mass is 15.1. The first-order valence-corrected chi connectivity index (χ1v) is 7.60. The first-order chi connectivity index (χ1) is 10.3. The van der Waals surface area contributed by atoms with Crippen molar-refractivity contribution < 1.29 is 0 Å². The molecular weight excluding hydrogens is 258 g/mol. The zero-order chi connectivity index (χ0) is 14.2. The van der Waals surface area contributed by atoms with Crippen LogP contribution < -0.4 is 5.32 Å². The molecule has 3 nitrogen and oxygen atoms in total. The number of imidazole rings is 1. The number of nitrogens with zero attached hydrogens (tertiary/aromatic N) is 1. The Kier molecular flexibility index (Phi) is 2.92. The summed E-state index contributed by atoms with van der Waals surface area (Å²) >= 11 is 0. The molecule has 2 atom stereocenters. The fourth-order valence-corrected chi connectivity index (χ4v) is 3.31. The van der Waals surface area contributed by atoms with Crippen LogP contribution in [-0.2, 0) is 6.42 Å². The summed E-state index contributed by atoms with van der Waals surface area (Å²) in [7, 11) is 0. The van der Waals surface area contributed by atoms with E-state index < -0.39 is 0 Å². The van der Waals surface area contributed by atoms with Crippen molar-refractivity contribution in [2.24, 2.45) is 5.92 Å². The van der Waals surface area contributed by atoms with Crippen LogP contribution in [0.25, 0.3) is 11.0 Å². The minimum absolute atomic E-state index is 0.329. The monoisotopic (exact) mass is 277 g/mol. The first-order valence-electron chi connectivity index (χ1n) is 7.60. The Morgan fingerprint density at radius 3 is 2.81 bits per heavy atom. The van der Waals surface area contributed by atoms with Crippen LogP contribution in [0.3, 0.4) is 0 Å². The Balaban J connectivity index is 1.69. The van der Waals surface area contributed by atoms with Crippen molar-refractivity contribution >= 4 is 17.0 Å². The van der Waals surface area contributed by atoms with Crippen LogP contribution in [0.2, 0.25) is 0 Å². The summed E-state index contributed by atoms with van der Waals surface area (Å²) in [6.07, 6.45) is 2.39. The Bertz CT molecular complexity index is 742. The van der Waals surface area contributed by atoms with Crippen molar-refractivity contribution in [1.82, 2.24) is 9.97 Å². The Morgan fingerprint density at radius 1 is 1.10 bits per heavy atom. The van der Waals surface area contributed by atoms with Crippen LogP contribution in [0.4, 0.5) is 5.95 Å². The summed E-state index contributed by atoms with van der Waals surface area (Å²) in [5, 5.41) is 3.61. The average molecular weight is 277 g/mol. The smallest absolute Gasteiger partial charge is 0.201 e. The highest BCUT2D eigenvalue weighted by Crippen LogP contribution is 2.36. The number of aromatic nitrogens is 2. The quantitative estimate of drug-likeness (QED) is 0.733. The lowest BCUT2D eigenvalue weighted by molar-refractivity contribution is 0.433. The van der Waals surface area contributed by atoms with E-state index in [-0.39, 0.29) is 0 Å². The van der Waals surface area contributed by atoms with Gasteiger partial charge in [0.05, 0.1) is 17.1 Å². The van der Waals surface area contributed by atoms with Crippen molar-refractivity contribution in [3.8, 4) is 0 Å². The second-order valence-electron chi connectivity index (χ2n) is 5.94. The zero-order valence-corrected chi connectivity index (χ0v) is 12.1. The largest absolute Gasteiger partial charge is 0.349 e. The van der Waals surface area contributed by atoms with E-state index >= 15 is 0 Å². The third-order valence-electron chi connectivity index (χ3n) is 4.51. The van der Waals surface area contributed by atoms with Crippen LogP contribution in [0, 0.1) is 5.92 Å². The molecule has 0 radical (unpaired) electrons. The number of fused-ring (bicyclic) bond motifs is 2. The van der Waals surface area contributed by atoms with E-state index in [0.717, 1.165) is 17.0 Å². The molecule has 1 aromatic heterocycles. The van der Waals surface area contributed by atoms with E-state index in [1.807, 2.05) is 18.2 Å². The fourth-order valence-electron chi connectivity index (χ4n) is 3.31. The third-order valence-corrected chi connectivity index (χ3v) is 4.51. The van der Waals surface area contributed by atoms with Gasteiger partial charge in [0.15, 0.2) is 0 Å². The van der Waals surface area contributed by atoms with Gasteiger partial charge in [0.25, 0.3) is 0 Å². The summed E-state index contributed by atoms with van der Waals surface area (Å²) < 4.78 is 0. The van der Waals surface area contributed by atoms with Gasteiger partial charge < -0.3 is 10.3 Å². The fraction of sp³-hybridized carbons (Fsp3) is 0.278. The minimum Gasteiger partial charge on any atom is -0.349 e. The molecule has 0 aliphatic heterocycles. The van der Waals surface area contributed by atoms with E-state index in [0.29, 0.717) is 12.0 Å². The first kappa shape index (κ1) is 12.5. The van der Waals surface area contributed by atoms with Crippen molar-refractivity contribution in [1.29, 1.82) is 0 Å². The predicted molar refractivity (Wildman–Crippen MR) is 86.4 cm³/mol. The number of aromatic amines is 1. The van der Waals surface area contributed by atoms with Crippen molar-refractivity contribution in [2.75, 3.05) is 5.32 Å². The molecule has 1 aliphatic rings. The topological polar surface area (TPSA) is 40.7 Å². The van der Waals surface area contributed by atoms with Gasteiger partial charge in [-0.1, -0.05) is 43.3 Å². The van der Waals surface area contributed by atoms with Crippen molar-refractivity contribution in [3.63, 3.8) is 0 Å². The molecule has 1 aliphatic carbocycles. The molecule has 3 heteroatoms. The van der Waals surface area contributed by atoms with E-state index in [4.69, 9.17) is 0 Å². The Hall–Kier alpha value is -2.29. The summed E-state index contributed by atoms with van der Waals surface area (Å²) in [6, 6.07) is 17.2. The minimum atomic E-state index is 0.329. The number of nitrogens with one attached hydrogen (secondary N) is 2. The summed E-state index contributed by atoms with van der Waals surface area (Å²) in [6.45, 7) is 2.32. The molecule has 4 rings (SSSR count). The SMILES string of the molecule is CC1CCc2ccccc2C1Nc1nc2ccccc2[nH]1. The molecule has 0 spiro atoms. The lowest BCUT2D eigenvalue weighted by Gasteiger charge is -2.31. The molecule has 0 saturated carbocycles. The van der Waals surface area contributed by atoms with Crippen molar-refractivity contribution in [3.05, 3.63) is 59.7 Å². The second kappa shape index (κ2) is 4.92. The van der Waals surface area contributed by atoms with Gasteiger partial charge >= 0.3 is 0 Å². The number of para-hydroxylation sites is 2. The van der Waals surface area contributed by atoms with Crippen LogP contribution >= 0.6 is 0 Å². The molecule has 0 amide bonds. The third kappa shape index (κ3) is 2.19. The van der Waals surface area contributed by atoms with Gasteiger partial charge in [0.1, 0.15) is 0 Å². The highest BCUT2D eigenvalue weighted by Gasteiger charge is 2.26. The molecule has 2 N–H and O–H groups in total. The van der Waals surface area contributed by atoms with Crippen molar-refractivity contribution in [2.45, 2.75) is 25.8 Å². The van der Waals surface area contributed by atoms with E-state index in [1.54, 1.807) is 0 Å². The maximum Gasteiger partial charge on any atom is 0.201 e. The Morgan fingerprint density at radius 2 is 1.90 bits per heavy atom. The van der Waals surface area contributed by atoms with E-state index in [9.17, 15) is 0 Å². The molecule has 2 unspecified atom stereocenters. The average Bonchev–Trinajstić information content (AvgIpc) is 2.92. The standard InChI is InChI=1S/C18H19N3/c1-12-10-11-13-6-2-3-7-14(13)17(12)21-18-19-15-8-4-5-9-16(15)20-18/h2-9,12,17H,10-11H2,1H3,(H2,19,20,21). The zero-order valence-electron chi connectivity index (χ0n) is 12.1. The number of H-pyrrole nitrogens is 1. The lowest BCUT2D eigenvalue weighted by Crippen LogP contribution is -2.25. The number of benzene rings is 2. The number of aryl methyl sites for hydroxylation is 1. The maximum absolute atomic E-state index is 4.65. The van der Waals surface area contributed by atoms with E-state index in [1.165, 1.54) is 24.0 Å². The maximum atomic E-state index is 4.65. The van der Waals surface area contributed by atoms with Gasteiger partial charge in [-0.05, 0) is 42.0 Å². The van der Waals surface area contributed by atoms with Gasteiger partial charge in [-0.2, -0.15) is 0 Å². The Labute approximate surface area is 124 Å². The van der Waals surface area contributed by atoms with Crippen LogP contribution in [0.1, 0.15) is 30.5 Å². The van der Waals surface area contributed by atoms with E-state index in [2.05, 4.69) is 52.5 Å². The molecule has 2 aromatic carbocycles. The number of anilines is 1. The van der Waals surface area contributed by atoms with Gasteiger partial charge in [-0.3, -0.25) is 0 Å². The molecular formula is C18H19N3. The van der Waals surface area contributed by atoms with Crippen LogP contribution in [0.5, 0.6) is 0 Å². The summed E-state index contributed by atoms with van der Waals surface area (Å²) in [5.74, 6) is 1.47. The van der Waals surface area contributed by atoms with Gasteiger partial charge in [0.2, 0.25) is 5.95 Å². The molecule has 0 saturated heterocycles. The number of hydrogen-bond acceptors (Lipinski definition) is 2. The molecule has 1 heterocycles. The second-order valence-corrected chi connectivity index (χ2v) is 5.94. The summed E-state index contributed by atoms with van der Waals surface area (Å²) in [5.41, 5.74) is 4.97. The van der Waals surface area contributed by atoms with Crippen LogP contribution in [0.15, 0.2) is 48.5 Å². The highest BCUT2D eigenvalue weighted by molar-refractivity contribution is 5.77. The molecule has 3 aromatic rings. The number of rotatable bonds is 2.